The van der Waals surface area contributed by atoms with Crippen LogP contribution in [0.4, 0.5) is 4.79 Å². The van der Waals surface area contributed by atoms with E-state index in [1.54, 1.807) is 20.8 Å². The van der Waals surface area contributed by atoms with Gasteiger partial charge < -0.3 is 19.5 Å². The number of carbonyl (C=O) groups is 2. The molecule has 0 unspecified atom stereocenters. The van der Waals surface area contributed by atoms with Crippen LogP contribution in [0.1, 0.15) is 40.5 Å². The first kappa shape index (κ1) is 15.8. The second kappa shape index (κ2) is 6.23. The number of hydrogen-bond acceptors (Lipinski definition) is 5. The van der Waals surface area contributed by atoms with Crippen molar-refractivity contribution >= 4 is 12.1 Å². The van der Waals surface area contributed by atoms with Crippen molar-refractivity contribution in [2.75, 3.05) is 7.11 Å². The highest BCUT2D eigenvalue weighted by Gasteiger charge is 2.35. The zero-order chi connectivity index (χ0) is 14.6. The van der Waals surface area contributed by atoms with Crippen LogP contribution in [0.15, 0.2) is 0 Å². The molecule has 0 bridgehead atoms. The van der Waals surface area contributed by atoms with Gasteiger partial charge in [0.15, 0.2) is 6.10 Å². The zero-order valence-electron chi connectivity index (χ0n) is 12.2. The topological polar surface area (TPSA) is 73.9 Å². The van der Waals surface area contributed by atoms with Crippen molar-refractivity contribution in [3.8, 4) is 0 Å². The quantitative estimate of drug-likeness (QED) is 0.791. The lowest BCUT2D eigenvalue weighted by atomic mass is 10.1. The second-order valence-electron chi connectivity index (χ2n) is 5.70. The number of esters is 1. The molecule has 0 aromatic heterocycles. The maximum atomic E-state index is 11.6. The van der Waals surface area contributed by atoms with Gasteiger partial charge in [-0.2, -0.15) is 0 Å². The highest BCUT2D eigenvalue weighted by molar-refractivity contribution is 5.74. The minimum absolute atomic E-state index is 0.198. The van der Waals surface area contributed by atoms with Crippen molar-refractivity contribution in [1.82, 2.24) is 5.32 Å². The third-order valence-electron chi connectivity index (χ3n) is 2.82. The number of amides is 1. The molecule has 3 atom stereocenters. The monoisotopic (exact) mass is 273 g/mol. The van der Waals surface area contributed by atoms with Crippen LogP contribution in [-0.4, -0.2) is 43.0 Å². The Kier molecular flexibility index (Phi) is 5.17. The average molecular weight is 273 g/mol. The summed E-state index contributed by atoms with van der Waals surface area (Å²) in [4.78, 5) is 22.9. The van der Waals surface area contributed by atoms with E-state index in [1.165, 1.54) is 7.11 Å². The van der Waals surface area contributed by atoms with Gasteiger partial charge >= 0.3 is 12.1 Å². The van der Waals surface area contributed by atoms with Crippen molar-refractivity contribution in [3.63, 3.8) is 0 Å². The van der Waals surface area contributed by atoms with Crippen LogP contribution in [-0.2, 0) is 19.0 Å². The molecule has 19 heavy (non-hydrogen) atoms. The van der Waals surface area contributed by atoms with Crippen LogP contribution in [0, 0.1) is 0 Å². The van der Waals surface area contributed by atoms with Gasteiger partial charge in [0.25, 0.3) is 0 Å². The molecule has 0 aromatic rings. The van der Waals surface area contributed by atoms with Crippen LogP contribution in [0.25, 0.3) is 0 Å². The molecule has 0 saturated carbocycles. The first-order chi connectivity index (χ1) is 8.73. The molecule has 1 saturated heterocycles. The summed E-state index contributed by atoms with van der Waals surface area (Å²) in [6.07, 6.45) is 0.105. The molecule has 1 aliphatic rings. The van der Waals surface area contributed by atoms with E-state index in [0.717, 1.165) is 0 Å². The first-order valence-corrected chi connectivity index (χ1v) is 6.45. The van der Waals surface area contributed by atoms with E-state index in [9.17, 15) is 9.59 Å². The molecule has 0 aliphatic carbocycles. The molecule has 6 heteroatoms. The van der Waals surface area contributed by atoms with E-state index in [0.29, 0.717) is 12.8 Å². The summed E-state index contributed by atoms with van der Waals surface area (Å²) in [5, 5.41) is 2.72. The zero-order valence-corrected chi connectivity index (χ0v) is 12.2. The molecule has 110 valence electrons. The summed E-state index contributed by atoms with van der Waals surface area (Å²) < 4.78 is 15.4. The molecule has 1 aliphatic heterocycles. The standard InChI is InChI=1S/C13H23NO5/c1-8(14-12(16)19-13(2,3)4)9-6-7-10(18-9)11(15)17-5/h8-10H,6-7H2,1-5H3,(H,14,16)/t8-,9-,10+/m0/s1. The minimum atomic E-state index is -0.533. The Morgan fingerprint density at radius 1 is 1.32 bits per heavy atom. The molecule has 0 spiro atoms. The van der Waals surface area contributed by atoms with E-state index in [4.69, 9.17) is 9.47 Å². The molecule has 1 amide bonds. The van der Waals surface area contributed by atoms with Crippen LogP contribution < -0.4 is 5.32 Å². The van der Waals surface area contributed by atoms with Crippen LogP contribution in [0.3, 0.4) is 0 Å². The molecule has 0 aromatic carbocycles. The lowest BCUT2D eigenvalue weighted by Gasteiger charge is -2.24. The molecule has 0 radical (unpaired) electrons. The number of nitrogens with one attached hydrogen (secondary N) is 1. The molecular formula is C13H23NO5. The summed E-state index contributed by atoms with van der Waals surface area (Å²) >= 11 is 0. The van der Waals surface area contributed by atoms with Gasteiger partial charge in [-0.25, -0.2) is 9.59 Å². The number of alkyl carbamates (subject to hydrolysis) is 1. The maximum Gasteiger partial charge on any atom is 0.407 e. The van der Waals surface area contributed by atoms with E-state index in [1.807, 2.05) is 6.92 Å². The summed E-state index contributed by atoms with van der Waals surface area (Å²) in [5.74, 6) is -0.369. The van der Waals surface area contributed by atoms with Crippen molar-refractivity contribution < 1.29 is 23.8 Å². The molecule has 1 fully saturated rings. The van der Waals surface area contributed by atoms with Crippen LogP contribution >= 0.6 is 0 Å². The van der Waals surface area contributed by atoms with Gasteiger partial charge in [-0.05, 0) is 40.5 Å². The molecular weight excluding hydrogens is 250 g/mol. The van der Waals surface area contributed by atoms with Crippen LogP contribution in [0.5, 0.6) is 0 Å². The van der Waals surface area contributed by atoms with E-state index in [2.05, 4.69) is 10.1 Å². The minimum Gasteiger partial charge on any atom is -0.467 e. The largest absolute Gasteiger partial charge is 0.467 e. The van der Waals surface area contributed by atoms with E-state index >= 15 is 0 Å². The van der Waals surface area contributed by atoms with Crippen molar-refractivity contribution in [2.24, 2.45) is 0 Å². The first-order valence-electron chi connectivity index (χ1n) is 6.45. The van der Waals surface area contributed by atoms with Gasteiger partial charge in [0.1, 0.15) is 5.60 Å². The van der Waals surface area contributed by atoms with Gasteiger partial charge in [-0.15, -0.1) is 0 Å². The van der Waals surface area contributed by atoms with E-state index in [-0.39, 0.29) is 18.1 Å². The maximum absolute atomic E-state index is 11.6. The van der Waals surface area contributed by atoms with E-state index < -0.39 is 17.8 Å². The summed E-state index contributed by atoms with van der Waals surface area (Å²) in [5.41, 5.74) is -0.533. The van der Waals surface area contributed by atoms with Gasteiger partial charge in [0.2, 0.25) is 0 Å². The highest BCUT2D eigenvalue weighted by Crippen LogP contribution is 2.23. The molecule has 1 rings (SSSR count). The molecule has 6 nitrogen and oxygen atoms in total. The normalized spacial score (nSPS) is 24.7. The number of ether oxygens (including phenoxy) is 3. The van der Waals surface area contributed by atoms with Gasteiger partial charge in [0.05, 0.1) is 19.3 Å². The Morgan fingerprint density at radius 3 is 2.47 bits per heavy atom. The smallest absolute Gasteiger partial charge is 0.407 e. The van der Waals surface area contributed by atoms with Gasteiger partial charge in [-0.3, -0.25) is 0 Å². The number of rotatable bonds is 3. The predicted octanol–water partition coefficient (Wildman–Crippen LogP) is 1.62. The fourth-order valence-corrected chi connectivity index (χ4v) is 1.92. The summed E-state index contributed by atoms with van der Waals surface area (Å²) in [7, 11) is 1.33. The Hall–Kier alpha value is -1.30. The van der Waals surface area contributed by atoms with Gasteiger partial charge in [0, 0.05) is 0 Å². The third-order valence-corrected chi connectivity index (χ3v) is 2.82. The SMILES string of the molecule is COC(=O)[C@H]1CC[C@@H]([C@H](C)NC(=O)OC(C)(C)C)O1. The van der Waals surface area contributed by atoms with Crippen molar-refractivity contribution in [1.29, 1.82) is 0 Å². The third kappa shape index (κ3) is 5.06. The predicted molar refractivity (Wildman–Crippen MR) is 68.7 cm³/mol. The molecule has 1 N–H and O–H groups in total. The lowest BCUT2D eigenvalue weighted by Crippen LogP contribution is -2.44. The Balaban J connectivity index is 2.41. The number of hydrogen-bond donors (Lipinski definition) is 1. The number of carbonyl (C=O) groups excluding carboxylic acids is 2. The van der Waals surface area contributed by atoms with Gasteiger partial charge in [-0.1, -0.05) is 0 Å². The Morgan fingerprint density at radius 2 is 1.95 bits per heavy atom. The summed E-state index contributed by atoms with van der Waals surface area (Å²) in [6.45, 7) is 7.23. The van der Waals surface area contributed by atoms with Crippen LogP contribution in [0.2, 0.25) is 0 Å². The lowest BCUT2D eigenvalue weighted by molar-refractivity contribution is -0.153. The Bertz CT molecular complexity index is 336. The highest BCUT2D eigenvalue weighted by atomic mass is 16.6. The second-order valence-corrected chi connectivity index (χ2v) is 5.70. The van der Waals surface area contributed by atoms with Crippen molar-refractivity contribution in [2.45, 2.75) is 64.4 Å². The fraction of sp³-hybridized carbons (Fsp3) is 0.846. The van der Waals surface area contributed by atoms with Crippen molar-refractivity contribution in [3.05, 3.63) is 0 Å². The fourth-order valence-electron chi connectivity index (χ4n) is 1.92. The molecule has 1 heterocycles. The summed E-state index contributed by atoms with van der Waals surface area (Å²) in [6, 6.07) is -0.218. The number of methoxy groups -OCH3 is 1. The Labute approximate surface area is 113 Å². The average Bonchev–Trinajstić information content (AvgIpc) is 2.74.